The number of guanidine groups is 1. The highest BCUT2D eigenvalue weighted by Gasteiger charge is 2.02. The number of hydrogen-bond acceptors (Lipinski definition) is 2. The topological polar surface area (TPSA) is 99.2 Å². The van der Waals surface area contributed by atoms with Gasteiger partial charge in [-0.2, -0.15) is 0 Å². The Labute approximate surface area is 74.7 Å². The SMILES string of the molecule is N=C(N)Nc1cccc(C(=O)O)c1. The summed E-state index contributed by atoms with van der Waals surface area (Å²) in [5.41, 5.74) is 5.73. The van der Waals surface area contributed by atoms with Crippen LogP contribution in [0.4, 0.5) is 5.69 Å². The van der Waals surface area contributed by atoms with E-state index in [4.69, 9.17) is 16.2 Å². The Hall–Kier alpha value is -2.04. The van der Waals surface area contributed by atoms with Gasteiger partial charge in [0.2, 0.25) is 0 Å². The molecule has 0 aliphatic carbocycles. The van der Waals surface area contributed by atoms with Crippen LogP contribution < -0.4 is 11.1 Å². The lowest BCUT2D eigenvalue weighted by atomic mass is 10.2. The summed E-state index contributed by atoms with van der Waals surface area (Å²) in [7, 11) is 0. The predicted octanol–water partition coefficient (Wildman–Crippen LogP) is 0.690. The van der Waals surface area contributed by atoms with Crippen molar-refractivity contribution in [2.24, 2.45) is 5.73 Å². The molecule has 1 rings (SSSR count). The highest BCUT2D eigenvalue weighted by molar-refractivity contribution is 5.93. The Morgan fingerprint density at radius 1 is 1.54 bits per heavy atom. The molecular weight excluding hydrogens is 170 g/mol. The zero-order valence-electron chi connectivity index (χ0n) is 6.74. The van der Waals surface area contributed by atoms with Crippen molar-refractivity contribution in [2.45, 2.75) is 0 Å². The van der Waals surface area contributed by atoms with E-state index in [0.717, 1.165) is 0 Å². The summed E-state index contributed by atoms with van der Waals surface area (Å²) in [4.78, 5) is 10.5. The molecule has 13 heavy (non-hydrogen) atoms. The van der Waals surface area contributed by atoms with Crippen molar-refractivity contribution in [1.29, 1.82) is 5.41 Å². The molecule has 5 N–H and O–H groups in total. The molecule has 0 fully saturated rings. The van der Waals surface area contributed by atoms with Gasteiger partial charge in [-0.25, -0.2) is 4.79 Å². The van der Waals surface area contributed by atoms with Gasteiger partial charge >= 0.3 is 5.97 Å². The van der Waals surface area contributed by atoms with Gasteiger partial charge in [0.05, 0.1) is 5.56 Å². The molecule has 0 bridgehead atoms. The van der Waals surface area contributed by atoms with E-state index in [-0.39, 0.29) is 11.5 Å². The third kappa shape index (κ3) is 2.48. The molecule has 0 saturated carbocycles. The van der Waals surface area contributed by atoms with Crippen molar-refractivity contribution in [3.8, 4) is 0 Å². The molecule has 0 atom stereocenters. The third-order valence-corrected chi connectivity index (χ3v) is 1.39. The van der Waals surface area contributed by atoms with Crippen LogP contribution in [-0.2, 0) is 0 Å². The van der Waals surface area contributed by atoms with E-state index in [9.17, 15) is 4.79 Å². The molecule has 0 aliphatic heterocycles. The van der Waals surface area contributed by atoms with Crippen LogP contribution >= 0.6 is 0 Å². The summed E-state index contributed by atoms with van der Waals surface area (Å²) in [5.74, 6) is -1.23. The molecule has 68 valence electrons. The quantitative estimate of drug-likeness (QED) is 0.396. The first-order valence-corrected chi connectivity index (χ1v) is 3.54. The van der Waals surface area contributed by atoms with Gasteiger partial charge < -0.3 is 16.2 Å². The minimum Gasteiger partial charge on any atom is -0.478 e. The van der Waals surface area contributed by atoms with E-state index in [1.54, 1.807) is 12.1 Å². The van der Waals surface area contributed by atoms with Crippen molar-refractivity contribution in [1.82, 2.24) is 0 Å². The lowest BCUT2D eigenvalue weighted by Gasteiger charge is -2.03. The van der Waals surface area contributed by atoms with E-state index in [1.807, 2.05) is 0 Å². The summed E-state index contributed by atoms with van der Waals surface area (Å²) in [5, 5.41) is 18.1. The number of hydrogen-bond donors (Lipinski definition) is 4. The van der Waals surface area contributed by atoms with Crippen molar-refractivity contribution in [2.75, 3.05) is 5.32 Å². The van der Waals surface area contributed by atoms with E-state index >= 15 is 0 Å². The second-order valence-corrected chi connectivity index (χ2v) is 2.42. The summed E-state index contributed by atoms with van der Waals surface area (Å²) >= 11 is 0. The maximum atomic E-state index is 10.5. The van der Waals surface area contributed by atoms with Crippen molar-refractivity contribution in [3.63, 3.8) is 0 Å². The lowest BCUT2D eigenvalue weighted by molar-refractivity contribution is 0.0697. The molecule has 5 heteroatoms. The Morgan fingerprint density at radius 3 is 2.77 bits per heavy atom. The Bertz CT molecular complexity index is 349. The summed E-state index contributed by atoms with van der Waals surface area (Å²) in [6.07, 6.45) is 0. The van der Waals surface area contributed by atoms with E-state index in [2.05, 4.69) is 5.32 Å². The second kappa shape index (κ2) is 3.57. The van der Waals surface area contributed by atoms with Gasteiger partial charge in [0.15, 0.2) is 5.96 Å². The number of benzene rings is 1. The normalized spacial score (nSPS) is 9.23. The average molecular weight is 179 g/mol. The Balaban J connectivity index is 2.91. The van der Waals surface area contributed by atoms with Crippen molar-refractivity contribution < 1.29 is 9.90 Å². The van der Waals surface area contributed by atoms with Crippen molar-refractivity contribution in [3.05, 3.63) is 29.8 Å². The molecule has 0 amide bonds. The van der Waals surface area contributed by atoms with Crippen LogP contribution in [0.2, 0.25) is 0 Å². The van der Waals surface area contributed by atoms with E-state index in [1.165, 1.54) is 12.1 Å². The zero-order chi connectivity index (χ0) is 9.84. The predicted molar refractivity (Wildman–Crippen MR) is 48.9 cm³/mol. The monoisotopic (exact) mass is 179 g/mol. The van der Waals surface area contributed by atoms with Gasteiger partial charge in [-0.05, 0) is 18.2 Å². The number of carbonyl (C=O) groups is 1. The summed E-state index contributed by atoms with van der Waals surface area (Å²) in [6, 6.07) is 6.08. The fourth-order valence-electron chi connectivity index (χ4n) is 0.885. The van der Waals surface area contributed by atoms with Gasteiger partial charge in [-0.3, -0.25) is 5.41 Å². The van der Waals surface area contributed by atoms with Crippen LogP contribution in [-0.4, -0.2) is 17.0 Å². The third-order valence-electron chi connectivity index (χ3n) is 1.39. The first-order chi connectivity index (χ1) is 6.09. The molecule has 0 aromatic heterocycles. The molecule has 1 aromatic rings. The second-order valence-electron chi connectivity index (χ2n) is 2.42. The highest BCUT2D eigenvalue weighted by Crippen LogP contribution is 2.09. The fourth-order valence-corrected chi connectivity index (χ4v) is 0.885. The van der Waals surface area contributed by atoms with Gasteiger partial charge in [-0.1, -0.05) is 6.07 Å². The molecule has 0 heterocycles. The first-order valence-electron chi connectivity index (χ1n) is 3.54. The average Bonchev–Trinajstić information content (AvgIpc) is 2.03. The number of nitrogens with one attached hydrogen (secondary N) is 2. The minimum atomic E-state index is -1.01. The van der Waals surface area contributed by atoms with Crippen molar-refractivity contribution >= 4 is 17.6 Å². The highest BCUT2D eigenvalue weighted by atomic mass is 16.4. The smallest absolute Gasteiger partial charge is 0.335 e. The van der Waals surface area contributed by atoms with Gasteiger partial charge in [0, 0.05) is 5.69 Å². The molecule has 0 spiro atoms. The summed E-state index contributed by atoms with van der Waals surface area (Å²) < 4.78 is 0. The van der Waals surface area contributed by atoms with Gasteiger partial charge in [-0.15, -0.1) is 0 Å². The molecular formula is C8H9N3O2. The number of aromatic carboxylic acids is 1. The maximum Gasteiger partial charge on any atom is 0.335 e. The van der Waals surface area contributed by atoms with Crippen LogP contribution in [0.3, 0.4) is 0 Å². The number of anilines is 1. The molecule has 0 saturated heterocycles. The molecule has 0 radical (unpaired) electrons. The van der Waals surface area contributed by atoms with Crippen LogP contribution in [0, 0.1) is 5.41 Å². The zero-order valence-corrected chi connectivity index (χ0v) is 6.74. The number of carboxylic acid groups (broad SMARTS) is 1. The van der Waals surface area contributed by atoms with Gasteiger partial charge in [0.1, 0.15) is 0 Å². The Morgan fingerprint density at radius 2 is 2.23 bits per heavy atom. The van der Waals surface area contributed by atoms with E-state index < -0.39 is 5.97 Å². The van der Waals surface area contributed by atoms with Crippen LogP contribution in [0.5, 0.6) is 0 Å². The number of carboxylic acids is 1. The standard InChI is InChI=1S/C8H9N3O2/c9-8(10)11-6-3-1-2-5(4-6)7(12)13/h1-4H,(H,12,13)(H4,9,10,11). The largest absolute Gasteiger partial charge is 0.478 e. The molecule has 0 aliphatic rings. The number of rotatable bonds is 2. The van der Waals surface area contributed by atoms with Gasteiger partial charge in [0.25, 0.3) is 0 Å². The van der Waals surface area contributed by atoms with E-state index in [0.29, 0.717) is 5.69 Å². The lowest BCUT2D eigenvalue weighted by Crippen LogP contribution is -2.20. The van der Waals surface area contributed by atoms with Crippen LogP contribution in [0.15, 0.2) is 24.3 Å². The maximum absolute atomic E-state index is 10.5. The van der Waals surface area contributed by atoms with Crippen LogP contribution in [0.1, 0.15) is 10.4 Å². The molecule has 1 aromatic carbocycles. The fraction of sp³-hybridized carbons (Fsp3) is 0. The number of nitrogens with two attached hydrogens (primary N) is 1. The Kier molecular flexibility index (Phi) is 2.49. The molecule has 0 unspecified atom stereocenters. The minimum absolute atomic E-state index is 0.159. The summed E-state index contributed by atoms with van der Waals surface area (Å²) in [6.45, 7) is 0. The first kappa shape index (κ1) is 9.05. The van der Waals surface area contributed by atoms with Crippen LogP contribution in [0.25, 0.3) is 0 Å². The molecule has 5 nitrogen and oxygen atoms in total.